The van der Waals surface area contributed by atoms with Gasteiger partial charge in [-0.25, -0.2) is 0 Å². The minimum absolute atomic E-state index is 0.288. The van der Waals surface area contributed by atoms with E-state index in [2.05, 4.69) is 6.92 Å². The lowest BCUT2D eigenvalue weighted by Crippen LogP contribution is -2.41. The van der Waals surface area contributed by atoms with Gasteiger partial charge in [0.1, 0.15) is 0 Å². The quantitative estimate of drug-likeness (QED) is 0.307. The Labute approximate surface area is 129 Å². The summed E-state index contributed by atoms with van der Waals surface area (Å²) < 4.78 is 10.2. The molecule has 4 nitrogen and oxygen atoms in total. The van der Waals surface area contributed by atoms with Gasteiger partial charge in [0.2, 0.25) is 0 Å². The standard InChI is InChI=1S/C17H32O4/c1-5-9-10-11-12-13-14-17(6-2,15(18)20-7-3)16(19)21-8-4/h5-14H2,1-4H3. The first-order valence-electron chi connectivity index (χ1n) is 8.43. The molecule has 0 unspecified atom stereocenters. The maximum absolute atomic E-state index is 12.3. The molecule has 0 fully saturated rings. The molecule has 0 saturated carbocycles. The zero-order chi connectivity index (χ0) is 16.1. The predicted octanol–water partition coefficient (Wildman–Crippen LogP) is 4.26. The summed E-state index contributed by atoms with van der Waals surface area (Å²) in [7, 11) is 0. The molecule has 0 N–H and O–H groups in total. The Balaban J connectivity index is 4.63. The summed E-state index contributed by atoms with van der Waals surface area (Å²) in [6.45, 7) is 8.13. The van der Waals surface area contributed by atoms with Crippen LogP contribution in [0, 0.1) is 5.41 Å². The highest BCUT2D eigenvalue weighted by Gasteiger charge is 2.46. The molecule has 21 heavy (non-hydrogen) atoms. The first-order chi connectivity index (χ1) is 10.1. The van der Waals surface area contributed by atoms with Gasteiger partial charge in [0.25, 0.3) is 0 Å². The van der Waals surface area contributed by atoms with Crippen LogP contribution in [0.15, 0.2) is 0 Å². The molecule has 0 amide bonds. The lowest BCUT2D eigenvalue weighted by Gasteiger charge is -2.27. The number of unbranched alkanes of at least 4 members (excludes halogenated alkanes) is 5. The monoisotopic (exact) mass is 300 g/mol. The van der Waals surface area contributed by atoms with Crippen LogP contribution < -0.4 is 0 Å². The van der Waals surface area contributed by atoms with Crippen molar-refractivity contribution in [1.82, 2.24) is 0 Å². The third kappa shape index (κ3) is 6.49. The van der Waals surface area contributed by atoms with E-state index in [0.29, 0.717) is 12.8 Å². The lowest BCUT2D eigenvalue weighted by atomic mass is 9.80. The average molecular weight is 300 g/mol. The summed E-state index contributed by atoms with van der Waals surface area (Å²) in [5, 5.41) is 0. The molecular formula is C17H32O4. The topological polar surface area (TPSA) is 52.6 Å². The fourth-order valence-electron chi connectivity index (χ4n) is 2.50. The number of hydrogen-bond donors (Lipinski definition) is 0. The molecule has 0 aromatic heterocycles. The van der Waals surface area contributed by atoms with E-state index in [1.54, 1.807) is 13.8 Å². The molecule has 0 bridgehead atoms. The summed E-state index contributed by atoms with van der Waals surface area (Å²) >= 11 is 0. The third-order valence-electron chi connectivity index (χ3n) is 3.89. The highest BCUT2D eigenvalue weighted by Crippen LogP contribution is 2.33. The zero-order valence-corrected chi connectivity index (χ0v) is 14.2. The van der Waals surface area contributed by atoms with Gasteiger partial charge in [-0.2, -0.15) is 0 Å². The largest absolute Gasteiger partial charge is 0.465 e. The van der Waals surface area contributed by atoms with E-state index >= 15 is 0 Å². The van der Waals surface area contributed by atoms with Crippen molar-refractivity contribution in [2.45, 2.75) is 79.1 Å². The van der Waals surface area contributed by atoms with Crippen LogP contribution in [0.3, 0.4) is 0 Å². The number of ether oxygens (including phenoxy) is 2. The van der Waals surface area contributed by atoms with Gasteiger partial charge in [0, 0.05) is 0 Å². The van der Waals surface area contributed by atoms with E-state index in [-0.39, 0.29) is 13.2 Å². The van der Waals surface area contributed by atoms with Crippen molar-refractivity contribution in [3.8, 4) is 0 Å². The molecule has 0 atom stereocenters. The van der Waals surface area contributed by atoms with Crippen molar-refractivity contribution in [2.75, 3.05) is 13.2 Å². The average Bonchev–Trinajstić information content (AvgIpc) is 2.47. The van der Waals surface area contributed by atoms with Crippen molar-refractivity contribution in [2.24, 2.45) is 5.41 Å². The Morgan fingerprint density at radius 3 is 1.67 bits per heavy atom. The third-order valence-corrected chi connectivity index (χ3v) is 3.89. The summed E-state index contributed by atoms with van der Waals surface area (Å²) in [5.74, 6) is -0.862. The fraction of sp³-hybridized carbons (Fsp3) is 0.882. The summed E-state index contributed by atoms with van der Waals surface area (Å²) in [5.41, 5.74) is -1.11. The minimum Gasteiger partial charge on any atom is -0.465 e. The van der Waals surface area contributed by atoms with Crippen molar-refractivity contribution in [1.29, 1.82) is 0 Å². The summed E-state index contributed by atoms with van der Waals surface area (Å²) in [4.78, 5) is 24.5. The van der Waals surface area contributed by atoms with Crippen molar-refractivity contribution in [3.05, 3.63) is 0 Å². The van der Waals surface area contributed by atoms with Gasteiger partial charge in [0.05, 0.1) is 13.2 Å². The Bertz CT molecular complexity index is 281. The summed E-state index contributed by atoms with van der Waals surface area (Å²) in [6.07, 6.45) is 7.68. The first kappa shape index (κ1) is 19.9. The smallest absolute Gasteiger partial charge is 0.323 e. The Kier molecular flexibility index (Phi) is 11.0. The molecule has 0 aliphatic carbocycles. The molecule has 0 radical (unpaired) electrons. The van der Waals surface area contributed by atoms with Gasteiger partial charge in [-0.05, 0) is 26.7 Å². The van der Waals surface area contributed by atoms with E-state index in [4.69, 9.17) is 9.47 Å². The van der Waals surface area contributed by atoms with Gasteiger partial charge < -0.3 is 9.47 Å². The molecular weight excluding hydrogens is 268 g/mol. The zero-order valence-electron chi connectivity index (χ0n) is 14.2. The molecule has 0 saturated heterocycles. The highest BCUT2D eigenvalue weighted by molar-refractivity contribution is 6.00. The van der Waals surface area contributed by atoms with Gasteiger partial charge >= 0.3 is 11.9 Å². The van der Waals surface area contributed by atoms with Gasteiger partial charge in [0.15, 0.2) is 5.41 Å². The van der Waals surface area contributed by atoms with Crippen molar-refractivity contribution >= 4 is 11.9 Å². The van der Waals surface area contributed by atoms with Gasteiger partial charge in [-0.1, -0.05) is 52.4 Å². The molecule has 0 heterocycles. The van der Waals surface area contributed by atoms with Gasteiger partial charge in [-0.3, -0.25) is 9.59 Å². The van der Waals surface area contributed by atoms with E-state index in [0.717, 1.165) is 19.3 Å². The van der Waals surface area contributed by atoms with Crippen molar-refractivity contribution in [3.63, 3.8) is 0 Å². The maximum atomic E-state index is 12.3. The second kappa shape index (κ2) is 11.6. The number of hydrogen-bond acceptors (Lipinski definition) is 4. The molecule has 0 aliphatic heterocycles. The van der Waals surface area contributed by atoms with Crippen LogP contribution in [0.2, 0.25) is 0 Å². The van der Waals surface area contributed by atoms with Gasteiger partial charge in [-0.15, -0.1) is 0 Å². The summed E-state index contributed by atoms with van der Waals surface area (Å²) in [6, 6.07) is 0. The van der Waals surface area contributed by atoms with Crippen LogP contribution >= 0.6 is 0 Å². The number of esters is 2. The van der Waals surface area contributed by atoms with E-state index in [1.165, 1.54) is 19.3 Å². The molecule has 124 valence electrons. The first-order valence-corrected chi connectivity index (χ1v) is 8.43. The van der Waals surface area contributed by atoms with Crippen LogP contribution in [0.4, 0.5) is 0 Å². The molecule has 0 rings (SSSR count). The Morgan fingerprint density at radius 2 is 1.24 bits per heavy atom. The van der Waals surface area contributed by atoms with Crippen molar-refractivity contribution < 1.29 is 19.1 Å². The Hall–Kier alpha value is -1.06. The van der Waals surface area contributed by atoms with Crippen LogP contribution in [-0.4, -0.2) is 25.2 Å². The number of carbonyl (C=O) groups excluding carboxylic acids is 2. The highest BCUT2D eigenvalue weighted by atomic mass is 16.6. The van der Waals surface area contributed by atoms with Crippen LogP contribution in [-0.2, 0) is 19.1 Å². The Morgan fingerprint density at radius 1 is 0.762 bits per heavy atom. The molecule has 4 heteroatoms. The maximum Gasteiger partial charge on any atom is 0.323 e. The number of carbonyl (C=O) groups is 2. The minimum atomic E-state index is -1.11. The lowest BCUT2D eigenvalue weighted by molar-refractivity contribution is -0.173. The van der Waals surface area contributed by atoms with Crippen LogP contribution in [0.1, 0.15) is 79.1 Å². The molecule has 0 aromatic carbocycles. The normalized spacial score (nSPS) is 11.2. The number of rotatable bonds is 12. The van der Waals surface area contributed by atoms with Crippen LogP contribution in [0.5, 0.6) is 0 Å². The predicted molar refractivity (Wildman–Crippen MR) is 84.0 cm³/mol. The van der Waals surface area contributed by atoms with E-state index in [1.807, 2.05) is 6.92 Å². The van der Waals surface area contributed by atoms with Crippen LogP contribution in [0.25, 0.3) is 0 Å². The second-order valence-electron chi connectivity index (χ2n) is 5.39. The molecule has 0 aromatic rings. The van der Waals surface area contributed by atoms with E-state index in [9.17, 15) is 9.59 Å². The van der Waals surface area contributed by atoms with E-state index < -0.39 is 17.4 Å². The second-order valence-corrected chi connectivity index (χ2v) is 5.39. The molecule has 0 spiro atoms. The fourth-order valence-corrected chi connectivity index (χ4v) is 2.50. The molecule has 0 aliphatic rings. The SMILES string of the molecule is CCCCCCCCC(CC)(C(=O)OCC)C(=O)OCC.